The molecule has 1 aliphatic heterocycles. The monoisotopic (exact) mass is 260 g/mol. The summed E-state index contributed by atoms with van der Waals surface area (Å²) in [7, 11) is 0. The summed E-state index contributed by atoms with van der Waals surface area (Å²) in [5.74, 6) is 1.21. The van der Waals surface area contributed by atoms with Gasteiger partial charge >= 0.3 is 0 Å². The minimum absolute atomic E-state index is 0.601. The van der Waals surface area contributed by atoms with Crippen LogP contribution in [-0.4, -0.2) is 31.1 Å². The second-order valence-corrected chi connectivity index (χ2v) is 6.10. The third-order valence-corrected chi connectivity index (χ3v) is 4.27. The highest BCUT2D eigenvalue weighted by Gasteiger charge is 2.18. The Labute approximate surface area is 118 Å². The first-order valence-corrected chi connectivity index (χ1v) is 7.73. The molecule has 1 saturated heterocycles. The molecule has 1 heterocycles. The van der Waals surface area contributed by atoms with Crippen LogP contribution >= 0.6 is 0 Å². The maximum absolute atomic E-state index is 5.80. The molecule has 0 aliphatic carbocycles. The van der Waals surface area contributed by atoms with Crippen LogP contribution in [0.15, 0.2) is 24.3 Å². The van der Waals surface area contributed by atoms with Gasteiger partial charge in [0.2, 0.25) is 0 Å². The molecule has 0 amide bonds. The van der Waals surface area contributed by atoms with E-state index in [9.17, 15) is 0 Å². The standard InChI is InChI=1S/C17H28N2/c1-14(2)15-5-7-16(8-6-15)17(9-10-18)13-19-11-3-4-12-19/h5-8,14,17H,3-4,9-13,18H2,1-2H3. The van der Waals surface area contributed by atoms with Crippen molar-refractivity contribution in [3.05, 3.63) is 35.4 Å². The summed E-state index contributed by atoms with van der Waals surface area (Å²) in [6, 6.07) is 9.19. The van der Waals surface area contributed by atoms with Gasteiger partial charge in [0.05, 0.1) is 0 Å². The fourth-order valence-corrected chi connectivity index (χ4v) is 2.99. The lowest BCUT2D eigenvalue weighted by molar-refractivity contribution is 0.308. The van der Waals surface area contributed by atoms with Crippen molar-refractivity contribution in [2.24, 2.45) is 5.73 Å². The average molecular weight is 260 g/mol. The van der Waals surface area contributed by atoms with Gasteiger partial charge in [-0.2, -0.15) is 0 Å². The summed E-state index contributed by atoms with van der Waals surface area (Å²) < 4.78 is 0. The number of hydrogen-bond acceptors (Lipinski definition) is 2. The Morgan fingerprint density at radius 3 is 2.16 bits per heavy atom. The first kappa shape index (κ1) is 14.5. The lowest BCUT2D eigenvalue weighted by Gasteiger charge is -2.24. The number of likely N-dealkylation sites (tertiary alicyclic amines) is 1. The van der Waals surface area contributed by atoms with Crippen molar-refractivity contribution in [3.63, 3.8) is 0 Å². The molecule has 1 aromatic rings. The molecule has 0 saturated carbocycles. The molecule has 19 heavy (non-hydrogen) atoms. The second kappa shape index (κ2) is 7.06. The summed E-state index contributed by atoms with van der Waals surface area (Å²) in [5.41, 5.74) is 8.69. The van der Waals surface area contributed by atoms with Crippen molar-refractivity contribution in [3.8, 4) is 0 Å². The number of hydrogen-bond donors (Lipinski definition) is 1. The molecular formula is C17H28N2. The molecule has 0 aromatic heterocycles. The zero-order valence-corrected chi connectivity index (χ0v) is 12.4. The second-order valence-electron chi connectivity index (χ2n) is 6.10. The molecule has 0 spiro atoms. The Morgan fingerprint density at radius 2 is 1.63 bits per heavy atom. The minimum atomic E-state index is 0.601. The zero-order chi connectivity index (χ0) is 13.7. The Kier molecular flexibility index (Phi) is 5.41. The van der Waals surface area contributed by atoms with E-state index in [1.165, 1.54) is 43.6 Å². The first-order chi connectivity index (χ1) is 9.20. The number of rotatable bonds is 6. The number of nitrogens with zero attached hydrogens (tertiary/aromatic N) is 1. The van der Waals surface area contributed by atoms with Crippen LogP contribution < -0.4 is 5.73 Å². The highest BCUT2D eigenvalue weighted by molar-refractivity contribution is 5.27. The van der Waals surface area contributed by atoms with Gasteiger partial charge in [0.25, 0.3) is 0 Å². The predicted octanol–water partition coefficient (Wildman–Crippen LogP) is 3.34. The molecule has 0 bridgehead atoms. The van der Waals surface area contributed by atoms with Crippen molar-refractivity contribution >= 4 is 0 Å². The molecular weight excluding hydrogens is 232 g/mol. The van der Waals surface area contributed by atoms with E-state index in [0.717, 1.165) is 13.0 Å². The van der Waals surface area contributed by atoms with Crippen molar-refractivity contribution < 1.29 is 0 Å². The molecule has 2 nitrogen and oxygen atoms in total. The lowest BCUT2D eigenvalue weighted by atomic mass is 9.92. The van der Waals surface area contributed by atoms with E-state index in [-0.39, 0.29) is 0 Å². The molecule has 1 fully saturated rings. The maximum atomic E-state index is 5.80. The van der Waals surface area contributed by atoms with Crippen LogP contribution in [0.4, 0.5) is 0 Å². The van der Waals surface area contributed by atoms with Gasteiger partial charge in [-0.1, -0.05) is 38.1 Å². The smallest absolute Gasteiger partial charge is 0.00507 e. The van der Waals surface area contributed by atoms with E-state index in [2.05, 4.69) is 43.0 Å². The molecule has 0 radical (unpaired) electrons. The molecule has 106 valence electrons. The van der Waals surface area contributed by atoms with Crippen LogP contribution in [0.3, 0.4) is 0 Å². The number of nitrogens with two attached hydrogens (primary N) is 1. The summed E-state index contributed by atoms with van der Waals surface area (Å²) in [6.45, 7) is 8.99. The lowest BCUT2D eigenvalue weighted by Crippen LogP contribution is -2.26. The molecule has 2 N–H and O–H groups in total. The van der Waals surface area contributed by atoms with Crippen molar-refractivity contribution in [1.82, 2.24) is 4.90 Å². The van der Waals surface area contributed by atoms with Crippen molar-refractivity contribution in [2.75, 3.05) is 26.2 Å². The normalized spacial score (nSPS) is 18.1. The third kappa shape index (κ3) is 4.05. The van der Waals surface area contributed by atoms with E-state index in [4.69, 9.17) is 5.73 Å². The molecule has 1 unspecified atom stereocenters. The van der Waals surface area contributed by atoms with E-state index in [1.54, 1.807) is 0 Å². The van der Waals surface area contributed by atoms with Crippen LogP contribution in [0.25, 0.3) is 0 Å². The summed E-state index contributed by atoms with van der Waals surface area (Å²) in [6.07, 6.45) is 3.82. The van der Waals surface area contributed by atoms with E-state index in [1.807, 2.05) is 0 Å². The Bertz CT molecular complexity index is 363. The SMILES string of the molecule is CC(C)c1ccc(C(CCN)CN2CCCC2)cc1. The maximum Gasteiger partial charge on any atom is 0.00507 e. The molecule has 1 aromatic carbocycles. The van der Waals surface area contributed by atoms with Gasteiger partial charge in [-0.15, -0.1) is 0 Å². The number of benzene rings is 1. The Morgan fingerprint density at radius 1 is 1.05 bits per heavy atom. The van der Waals surface area contributed by atoms with Crippen LogP contribution in [0.2, 0.25) is 0 Å². The Hall–Kier alpha value is -0.860. The third-order valence-electron chi connectivity index (χ3n) is 4.27. The van der Waals surface area contributed by atoms with Crippen molar-refractivity contribution in [2.45, 2.75) is 44.9 Å². The van der Waals surface area contributed by atoms with Crippen LogP contribution in [-0.2, 0) is 0 Å². The van der Waals surface area contributed by atoms with Crippen molar-refractivity contribution in [1.29, 1.82) is 0 Å². The van der Waals surface area contributed by atoms with Crippen LogP contribution in [0, 0.1) is 0 Å². The van der Waals surface area contributed by atoms with Gasteiger partial charge in [-0.3, -0.25) is 0 Å². The van der Waals surface area contributed by atoms with Crippen LogP contribution in [0.1, 0.15) is 56.1 Å². The van der Waals surface area contributed by atoms with E-state index in [0.29, 0.717) is 11.8 Å². The van der Waals surface area contributed by atoms with Gasteiger partial charge in [0, 0.05) is 6.54 Å². The van der Waals surface area contributed by atoms with Gasteiger partial charge in [-0.05, 0) is 61.9 Å². The highest BCUT2D eigenvalue weighted by Crippen LogP contribution is 2.24. The van der Waals surface area contributed by atoms with Crippen LogP contribution in [0.5, 0.6) is 0 Å². The molecule has 1 atom stereocenters. The summed E-state index contributed by atoms with van der Waals surface area (Å²) >= 11 is 0. The predicted molar refractivity (Wildman–Crippen MR) is 82.6 cm³/mol. The van der Waals surface area contributed by atoms with Gasteiger partial charge in [-0.25, -0.2) is 0 Å². The first-order valence-electron chi connectivity index (χ1n) is 7.73. The van der Waals surface area contributed by atoms with Gasteiger partial charge < -0.3 is 10.6 Å². The fourth-order valence-electron chi connectivity index (χ4n) is 2.99. The largest absolute Gasteiger partial charge is 0.330 e. The topological polar surface area (TPSA) is 29.3 Å². The van der Waals surface area contributed by atoms with E-state index >= 15 is 0 Å². The molecule has 1 aliphatic rings. The molecule has 2 rings (SSSR count). The van der Waals surface area contributed by atoms with Gasteiger partial charge in [0.1, 0.15) is 0 Å². The average Bonchev–Trinajstić information content (AvgIpc) is 2.91. The highest BCUT2D eigenvalue weighted by atomic mass is 15.1. The van der Waals surface area contributed by atoms with Gasteiger partial charge in [0.15, 0.2) is 0 Å². The molecule has 2 heteroatoms. The summed E-state index contributed by atoms with van der Waals surface area (Å²) in [5, 5.41) is 0. The quantitative estimate of drug-likeness (QED) is 0.850. The summed E-state index contributed by atoms with van der Waals surface area (Å²) in [4.78, 5) is 2.59. The minimum Gasteiger partial charge on any atom is -0.330 e. The van der Waals surface area contributed by atoms with E-state index < -0.39 is 0 Å². The Balaban J connectivity index is 2.04. The zero-order valence-electron chi connectivity index (χ0n) is 12.4. The fraction of sp³-hybridized carbons (Fsp3) is 0.647.